The van der Waals surface area contributed by atoms with Crippen LogP contribution in [0.1, 0.15) is 23.7 Å². The molecule has 3 rings (SSSR count). The maximum Gasteiger partial charge on any atom is 0.404 e. The smallest absolute Gasteiger partial charge is 0.404 e. The van der Waals surface area contributed by atoms with Gasteiger partial charge in [-0.05, 0) is 31.4 Å². The number of pyridine rings is 2. The number of aromatic nitrogens is 2. The number of hydrogen-bond acceptors (Lipinski definition) is 9. The molecule has 196 valence electrons. The molecule has 1 aliphatic heterocycles. The lowest BCUT2D eigenvalue weighted by atomic mass is 10.1. The summed E-state index contributed by atoms with van der Waals surface area (Å²) in [5, 5.41) is 17.1. The number of hydrogen-bond donors (Lipinski definition) is 5. The summed E-state index contributed by atoms with van der Waals surface area (Å²) in [6.07, 6.45) is 2.55. The van der Waals surface area contributed by atoms with Crippen molar-refractivity contribution in [1.29, 1.82) is 0 Å². The van der Waals surface area contributed by atoms with Gasteiger partial charge in [0.1, 0.15) is 5.82 Å². The summed E-state index contributed by atoms with van der Waals surface area (Å²) in [5.41, 5.74) is 5.35. The molecule has 11 nitrogen and oxygen atoms in total. The fourth-order valence-corrected chi connectivity index (χ4v) is 4.17. The number of rotatable bonds is 11. The van der Waals surface area contributed by atoms with E-state index in [1.165, 1.54) is 12.3 Å². The van der Waals surface area contributed by atoms with E-state index in [1.807, 2.05) is 6.26 Å². The number of nitrogens with zero attached hydrogens (tertiary/aromatic N) is 3. The Morgan fingerprint density at radius 1 is 1.25 bits per heavy atom. The molecule has 0 radical (unpaired) electrons. The van der Waals surface area contributed by atoms with E-state index in [0.29, 0.717) is 38.5 Å². The number of halogens is 2. The molecule has 14 heteroatoms. The Labute approximate surface area is 211 Å². The van der Waals surface area contributed by atoms with Crippen LogP contribution < -0.4 is 26.6 Å². The van der Waals surface area contributed by atoms with Crippen LogP contribution in [0.25, 0.3) is 0 Å². The molecule has 0 saturated carbocycles. The summed E-state index contributed by atoms with van der Waals surface area (Å²) >= 11 is 1.55. The van der Waals surface area contributed by atoms with Crippen LogP contribution in [0.15, 0.2) is 18.3 Å². The van der Waals surface area contributed by atoms with Crippen molar-refractivity contribution in [2.24, 2.45) is 5.73 Å². The standard InChI is InChI=1S/C22H29F2N7O4S/c1-12(27-22(33)34)17(3-8-36-2)29-20-15(23)10-14(18(25)32)19(30-20)28-13-9-16(24)21(26-11-13)31-4-6-35-7-5-31/h9-12,17,27H,3-8H2,1-2H3,(H2,25,32)(H,33,34)(H2,28,29,30)/t12-,17-/m0/s1. The molecule has 2 aromatic heterocycles. The van der Waals surface area contributed by atoms with Crippen LogP contribution in [-0.4, -0.2) is 77.5 Å². The molecule has 2 aromatic rings. The van der Waals surface area contributed by atoms with Crippen molar-refractivity contribution in [3.8, 4) is 0 Å². The van der Waals surface area contributed by atoms with E-state index in [1.54, 1.807) is 23.6 Å². The number of nitrogens with one attached hydrogen (secondary N) is 3. The largest absolute Gasteiger partial charge is 0.465 e. The summed E-state index contributed by atoms with van der Waals surface area (Å²) in [7, 11) is 0. The first-order chi connectivity index (χ1) is 17.2. The Hall–Kier alpha value is -3.39. The quantitative estimate of drug-likeness (QED) is 0.296. The summed E-state index contributed by atoms with van der Waals surface area (Å²) in [6, 6.07) is 1.04. The van der Waals surface area contributed by atoms with Crippen molar-refractivity contribution in [3.63, 3.8) is 0 Å². The molecule has 36 heavy (non-hydrogen) atoms. The van der Waals surface area contributed by atoms with Gasteiger partial charge in [-0.2, -0.15) is 11.8 Å². The number of carbonyl (C=O) groups is 2. The lowest BCUT2D eigenvalue weighted by molar-refractivity contribution is 0.1000. The Bertz CT molecular complexity index is 1090. The van der Waals surface area contributed by atoms with Crippen molar-refractivity contribution in [1.82, 2.24) is 15.3 Å². The van der Waals surface area contributed by atoms with E-state index in [4.69, 9.17) is 15.6 Å². The Balaban J connectivity index is 1.88. The van der Waals surface area contributed by atoms with Crippen molar-refractivity contribution in [2.75, 3.05) is 53.8 Å². The van der Waals surface area contributed by atoms with E-state index in [0.717, 1.165) is 6.07 Å². The number of thioether (sulfide) groups is 1. The molecule has 0 spiro atoms. The average Bonchev–Trinajstić information content (AvgIpc) is 2.83. The van der Waals surface area contributed by atoms with Crippen molar-refractivity contribution in [2.45, 2.75) is 25.4 Å². The van der Waals surface area contributed by atoms with E-state index in [-0.39, 0.29) is 28.7 Å². The fourth-order valence-electron chi connectivity index (χ4n) is 3.68. The minimum absolute atomic E-state index is 0.103. The highest BCUT2D eigenvalue weighted by atomic mass is 32.2. The molecule has 3 heterocycles. The van der Waals surface area contributed by atoms with Gasteiger partial charge in [0.05, 0.1) is 30.7 Å². The second-order valence-electron chi connectivity index (χ2n) is 8.10. The summed E-state index contributed by atoms with van der Waals surface area (Å²) in [6.45, 7) is 3.59. The summed E-state index contributed by atoms with van der Waals surface area (Å²) in [4.78, 5) is 33.2. The van der Waals surface area contributed by atoms with E-state index in [2.05, 4.69) is 25.9 Å². The van der Waals surface area contributed by atoms with Gasteiger partial charge in [0.2, 0.25) is 0 Å². The third-order valence-electron chi connectivity index (χ3n) is 5.55. The number of amides is 2. The molecule has 1 saturated heterocycles. The first kappa shape index (κ1) is 27.2. The van der Waals surface area contributed by atoms with E-state index in [9.17, 15) is 18.4 Å². The van der Waals surface area contributed by atoms with Crippen LogP contribution in [0.3, 0.4) is 0 Å². The Kier molecular flexibility index (Phi) is 9.47. The van der Waals surface area contributed by atoms with Gasteiger partial charge in [-0.25, -0.2) is 23.5 Å². The molecule has 0 unspecified atom stereocenters. The maximum atomic E-state index is 14.9. The summed E-state index contributed by atoms with van der Waals surface area (Å²) in [5.74, 6) is -1.85. The molecular weight excluding hydrogens is 496 g/mol. The van der Waals surface area contributed by atoms with Gasteiger partial charge < -0.3 is 36.4 Å². The topological polar surface area (TPSA) is 155 Å². The molecule has 0 aliphatic carbocycles. The number of morpholine rings is 1. The van der Waals surface area contributed by atoms with Crippen LogP contribution in [-0.2, 0) is 4.74 Å². The molecule has 6 N–H and O–H groups in total. The van der Waals surface area contributed by atoms with Gasteiger partial charge in [-0.15, -0.1) is 0 Å². The third-order valence-corrected chi connectivity index (χ3v) is 6.19. The number of primary amides is 1. The molecule has 2 amide bonds. The van der Waals surface area contributed by atoms with Crippen LogP contribution in [0, 0.1) is 11.6 Å². The molecular formula is C22H29F2N7O4S. The monoisotopic (exact) mass is 525 g/mol. The maximum absolute atomic E-state index is 14.9. The highest BCUT2D eigenvalue weighted by Crippen LogP contribution is 2.27. The molecule has 2 atom stereocenters. The van der Waals surface area contributed by atoms with Crippen LogP contribution >= 0.6 is 11.8 Å². The van der Waals surface area contributed by atoms with E-state index >= 15 is 0 Å². The number of carbonyl (C=O) groups excluding carboxylic acids is 1. The van der Waals surface area contributed by atoms with Gasteiger partial charge in [-0.3, -0.25) is 4.79 Å². The highest BCUT2D eigenvalue weighted by Gasteiger charge is 2.23. The molecule has 1 fully saturated rings. The second kappa shape index (κ2) is 12.5. The van der Waals surface area contributed by atoms with Crippen molar-refractivity contribution >= 4 is 46.9 Å². The number of nitrogens with two attached hydrogens (primary N) is 1. The van der Waals surface area contributed by atoms with Crippen molar-refractivity contribution < 1.29 is 28.2 Å². The normalized spacial score (nSPS) is 15.2. The van der Waals surface area contributed by atoms with Crippen LogP contribution in [0.2, 0.25) is 0 Å². The Morgan fingerprint density at radius 3 is 2.58 bits per heavy atom. The average molecular weight is 526 g/mol. The van der Waals surface area contributed by atoms with Crippen molar-refractivity contribution in [3.05, 3.63) is 35.5 Å². The Morgan fingerprint density at radius 2 is 1.97 bits per heavy atom. The van der Waals surface area contributed by atoms with Gasteiger partial charge >= 0.3 is 6.09 Å². The zero-order valence-electron chi connectivity index (χ0n) is 19.9. The first-order valence-electron chi connectivity index (χ1n) is 11.2. The SMILES string of the molecule is CSCC[C@H](Nc1nc(Nc2cnc(N3CCOCC3)c(F)c2)c(C(N)=O)cc1F)[C@H](C)NC(=O)O. The molecule has 0 bridgehead atoms. The predicted molar refractivity (Wildman–Crippen MR) is 134 cm³/mol. The zero-order valence-corrected chi connectivity index (χ0v) is 20.7. The highest BCUT2D eigenvalue weighted by molar-refractivity contribution is 7.98. The molecule has 0 aromatic carbocycles. The number of carboxylic acid groups (broad SMARTS) is 1. The first-order valence-corrected chi connectivity index (χ1v) is 12.6. The third kappa shape index (κ3) is 7.07. The lowest BCUT2D eigenvalue weighted by Crippen LogP contribution is -2.45. The van der Waals surface area contributed by atoms with Gasteiger partial charge in [0.15, 0.2) is 23.3 Å². The minimum Gasteiger partial charge on any atom is -0.465 e. The minimum atomic E-state index is -1.21. The van der Waals surface area contributed by atoms with Crippen LogP contribution in [0.4, 0.5) is 36.7 Å². The number of anilines is 4. The number of ether oxygens (including phenoxy) is 1. The zero-order chi connectivity index (χ0) is 26.2. The predicted octanol–water partition coefficient (Wildman–Crippen LogP) is 2.62. The van der Waals surface area contributed by atoms with Crippen LogP contribution in [0.5, 0.6) is 0 Å². The van der Waals surface area contributed by atoms with Gasteiger partial charge in [-0.1, -0.05) is 0 Å². The second-order valence-corrected chi connectivity index (χ2v) is 9.09. The van der Waals surface area contributed by atoms with Gasteiger partial charge in [0, 0.05) is 31.2 Å². The fraction of sp³-hybridized carbons (Fsp3) is 0.455. The van der Waals surface area contributed by atoms with Gasteiger partial charge in [0.25, 0.3) is 5.91 Å². The molecule has 1 aliphatic rings. The lowest BCUT2D eigenvalue weighted by Gasteiger charge is -2.28. The summed E-state index contributed by atoms with van der Waals surface area (Å²) < 4.78 is 34.9. The van der Waals surface area contributed by atoms with E-state index < -0.39 is 35.7 Å².